The molecule has 0 saturated carbocycles. The number of piperidine rings is 1. The topological polar surface area (TPSA) is 88.2 Å². The maximum atomic E-state index is 12.6. The van der Waals surface area contributed by atoms with Gasteiger partial charge in [0.25, 0.3) is 0 Å². The molecule has 7 heteroatoms. The molecule has 31 heavy (non-hydrogen) atoms. The third-order valence-corrected chi connectivity index (χ3v) is 5.45. The molecule has 0 aliphatic carbocycles. The van der Waals surface area contributed by atoms with Gasteiger partial charge >= 0.3 is 0 Å². The molecule has 7 nitrogen and oxygen atoms in total. The molecule has 2 heterocycles. The number of anilines is 2. The van der Waals surface area contributed by atoms with Gasteiger partial charge in [0, 0.05) is 23.6 Å². The molecule has 1 aliphatic heterocycles. The number of carbonyl (C=O) groups excluding carboxylic acids is 1. The smallest absolute Gasteiger partial charge is 0.248 e. The van der Waals surface area contributed by atoms with E-state index in [4.69, 9.17) is 4.74 Å². The van der Waals surface area contributed by atoms with Crippen molar-refractivity contribution in [1.82, 2.24) is 15.3 Å². The number of amides is 1. The van der Waals surface area contributed by atoms with Crippen LogP contribution in [0.2, 0.25) is 0 Å². The average Bonchev–Trinajstić information content (AvgIpc) is 2.80. The highest BCUT2D eigenvalue weighted by Crippen LogP contribution is 2.33. The van der Waals surface area contributed by atoms with Gasteiger partial charge in [-0.15, -0.1) is 0 Å². The van der Waals surface area contributed by atoms with Gasteiger partial charge in [0.05, 0.1) is 18.3 Å². The number of rotatable bonds is 6. The molecule has 0 unspecified atom stereocenters. The summed E-state index contributed by atoms with van der Waals surface area (Å²) in [6.07, 6.45) is 5.01. The predicted octanol–water partition coefficient (Wildman–Crippen LogP) is 4.06. The Bertz CT molecular complexity index is 1090. The van der Waals surface area contributed by atoms with Crippen LogP contribution in [0.5, 0.6) is 5.75 Å². The molecule has 4 rings (SSSR count). The van der Waals surface area contributed by atoms with E-state index in [1.807, 2.05) is 30.3 Å². The summed E-state index contributed by atoms with van der Waals surface area (Å²) in [7, 11) is 1.58. The van der Waals surface area contributed by atoms with Crippen molar-refractivity contribution < 1.29 is 9.53 Å². The van der Waals surface area contributed by atoms with Crippen molar-refractivity contribution in [3.05, 3.63) is 66.0 Å². The Hall–Kier alpha value is -3.45. The molecule has 3 N–H and O–H groups in total. The zero-order chi connectivity index (χ0) is 21.6. The second-order valence-corrected chi connectivity index (χ2v) is 7.61. The standard InChI is InChI=1S/C24H27N5O2/c1-16(18-6-4-3-5-7-18)28-24-19-13-21(22(31-2)14-20(19)26-15-27-24)29-23(30)12-17-8-10-25-11-9-17/h3-7,12-16,25H,8-11H2,1-2H3,(H,29,30)(H,26,27,28)/t16-/m0/s1. The number of methoxy groups -OCH3 is 1. The number of nitrogens with one attached hydrogen (secondary N) is 3. The maximum absolute atomic E-state index is 12.6. The normalized spacial score (nSPS) is 14.7. The number of fused-ring (bicyclic) bond motifs is 1. The van der Waals surface area contributed by atoms with E-state index >= 15 is 0 Å². The van der Waals surface area contributed by atoms with E-state index in [0.29, 0.717) is 17.3 Å². The molecule has 1 fully saturated rings. The fourth-order valence-corrected chi connectivity index (χ4v) is 3.74. The monoisotopic (exact) mass is 417 g/mol. The van der Waals surface area contributed by atoms with Crippen molar-refractivity contribution in [2.24, 2.45) is 0 Å². The molecule has 1 amide bonds. The third kappa shape index (κ3) is 5.00. The minimum Gasteiger partial charge on any atom is -0.494 e. The summed E-state index contributed by atoms with van der Waals surface area (Å²) in [5, 5.41) is 10.5. The van der Waals surface area contributed by atoms with Crippen LogP contribution in [0.4, 0.5) is 11.5 Å². The van der Waals surface area contributed by atoms with Gasteiger partial charge in [-0.25, -0.2) is 9.97 Å². The maximum Gasteiger partial charge on any atom is 0.248 e. The molecule has 3 aromatic rings. The van der Waals surface area contributed by atoms with Crippen LogP contribution in [0.15, 0.2) is 60.4 Å². The predicted molar refractivity (Wildman–Crippen MR) is 123 cm³/mol. The zero-order valence-corrected chi connectivity index (χ0v) is 17.8. The van der Waals surface area contributed by atoms with Gasteiger partial charge in [0.15, 0.2) is 0 Å². The fourth-order valence-electron chi connectivity index (χ4n) is 3.74. The van der Waals surface area contributed by atoms with Gasteiger partial charge in [0.2, 0.25) is 5.91 Å². The lowest BCUT2D eigenvalue weighted by Gasteiger charge is -2.18. The number of benzene rings is 2. The largest absolute Gasteiger partial charge is 0.494 e. The van der Waals surface area contributed by atoms with Crippen LogP contribution in [0.25, 0.3) is 10.9 Å². The first-order valence-corrected chi connectivity index (χ1v) is 10.5. The third-order valence-electron chi connectivity index (χ3n) is 5.45. The van der Waals surface area contributed by atoms with E-state index in [-0.39, 0.29) is 11.9 Å². The summed E-state index contributed by atoms with van der Waals surface area (Å²) >= 11 is 0. The number of carbonyl (C=O) groups is 1. The first-order chi connectivity index (χ1) is 15.1. The zero-order valence-electron chi connectivity index (χ0n) is 17.8. The Kier molecular flexibility index (Phi) is 6.43. The van der Waals surface area contributed by atoms with Gasteiger partial charge in [-0.2, -0.15) is 0 Å². The fraction of sp³-hybridized carbons (Fsp3) is 0.292. The SMILES string of the molecule is COc1cc2ncnc(N[C@@H](C)c3ccccc3)c2cc1NC(=O)C=C1CCNCC1. The summed E-state index contributed by atoms with van der Waals surface area (Å²) in [6.45, 7) is 3.90. The molecular formula is C24H27N5O2. The number of ether oxygens (including phenoxy) is 1. The number of nitrogens with zero attached hydrogens (tertiary/aromatic N) is 2. The highest BCUT2D eigenvalue weighted by molar-refractivity contribution is 6.03. The van der Waals surface area contributed by atoms with E-state index in [0.717, 1.165) is 48.0 Å². The van der Waals surface area contributed by atoms with Crippen molar-refractivity contribution >= 4 is 28.3 Å². The highest BCUT2D eigenvalue weighted by Gasteiger charge is 2.15. The molecule has 0 spiro atoms. The van der Waals surface area contributed by atoms with E-state index in [1.54, 1.807) is 13.2 Å². The van der Waals surface area contributed by atoms with E-state index in [9.17, 15) is 4.79 Å². The Morgan fingerprint density at radius 1 is 1.16 bits per heavy atom. The lowest BCUT2D eigenvalue weighted by Crippen LogP contribution is -2.24. The van der Waals surface area contributed by atoms with Crippen LogP contribution in [0, 0.1) is 0 Å². The Morgan fingerprint density at radius 3 is 2.68 bits per heavy atom. The van der Waals surface area contributed by atoms with Crippen LogP contribution in [0.1, 0.15) is 31.4 Å². The molecule has 1 aromatic heterocycles. The average molecular weight is 418 g/mol. The Morgan fingerprint density at radius 2 is 1.94 bits per heavy atom. The van der Waals surface area contributed by atoms with E-state index in [1.165, 1.54) is 6.33 Å². The van der Waals surface area contributed by atoms with Gasteiger partial charge in [-0.05, 0) is 44.5 Å². The Balaban J connectivity index is 1.63. The molecule has 1 atom stereocenters. The van der Waals surface area contributed by atoms with Gasteiger partial charge in [0.1, 0.15) is 17.9 Å². The van der Waals surface area contributed by atoms with Crippen molar-refractivity contribution in [2.45, 2.75) is 25.8 Å². The van der Waals surface area contributed by atoms with Crippen molar-refractivity contribution in [2.75, 3.05) is 30.8 Å². The van der Waals surface area contributed by atoms with Crippen LogP contribution in [-0.4, -0.2) is 36.1 Å². The molecule has 0 radical (unpaired) electrons. The molecule has 0 bridgehead atoms. The second kappa shape index (κ2) is 9.57. The lowest BCUT2D eigenvalue weighted by molar-refractivity contribution is -0.112. The summed E-state index contributed by atoms with van der Waals surface area (Å²) in [5.74, 6) is 1.11. The van der Waals surface area contributed by atoms with Crippen LogP contribution in [0.3, 0.4) is 0 Å². The lowest BCUT2D eigenvalue weighted by atomic mass is 10.1. The molecule has 160 valence electrons. The summed E-state index contributed by atoms with van der Waals surface area (Å²) in [4.78, 5) is 21.5. The summed E-state index contributed by atoms with van der Waals surface area (Å²) < 4.78 is 5.51. The van der Waals surface area contributed by atoms with Gasteiger partial charge in [-0.3, -0.25) is 4.79 Å². The van der Waals surface area contributed by atoms with Crippen molar-refractivity contribution in [1.29, 1.82) is 0 Å². The first-order valence-electron chi connectivity index (χ1n) is 10.5. The van der Waals surface area contributed by atoms with Crippen molar-refractivity contribution in [3.8, 4) is 5.75 Å². The van der Waals surface area contributed by atoms with Crippen LogP contribution < -0.4 is 20.7 Å². The minimum atomic E-state index is -0.154. The van der Waals surface area contributed by atoms with Crippen LogP contribution in [-0.2, 0) is 4.79 Å². The first kappa shape index (κ1) is 20.8. The van der Waals surface area contributed by atoms with Crippen LogP contribution >= 0.6 is 0 Å². The van der Waals surface area contributed by atoms with E-state index in [2.05, 4.69) is 45.0 Å². The second-order valence-electron chi connectivity index (χ2n) is 7.61. The summed E-state index contributed by atoms with van der Waals surface area (Å²) in [6, 6.07) is 13.9. The molecule has 1 saturated heterocycles. The van der Waals surface area contributed by atoms with Gasteiger partial charge in [-0.1, -0.05) is 35.9 Å². The molecule has 1 aliphatic rings. The van der Waals surface area contributed by atoms with Crippen molar-refractivity contribution in [3.63, 3.8) is 0 Å². The van der Waals surface area contributed by atoms with Gasteiger partial charge < -0.3 is 20.7 Å². The highest BCUT2D eigenvalue weighted by atomic mass is 16.5. The minimum absolute atomic E-state index is 0.0593. The van der Waals surface area contributed by atoms with E-state index < -0.39 is 0 Å². The quantitative estimate of drug-likeness (QED) is 0.524. The Labute approximate surface area is 181 Å². The number of hydrogen-bond donors (Lipinski definition) is 3. The molecule has 2 aromatic carbocycles. The molecular weight excluding hydrogens is 390 g/mol. The summed E-state index contributed by atoms with van der Waals surface area (Å²) in [5.41, 5.74) is 3.64. The number of hydrogen-bond acceptors (Lipinski definition) is 6. The number of aromatic nitrogens is 2.